The zero-order valence-corrected chi connectivity index (χ0v) is 22.8. The Morgan fingerprint density at radius 1 is 0.923 bits per heavy atom. The molecule has 1 unspecified atom stereocenters. The molecule has 0 radical (unpaired) electrons. The summed E-state index contributed by atoms with van der Waals surface area (Å²) in [4.78, 5) is 33.2. The summed E-state index contributed by atoms with van der Waals surface area (Å²) in [6.45, 7) is 1.97. The topological polar surface area (TPSA) is 107 Å². The number of aliphatic hydroxyl groups excluding tert-OH is 1. The van der Waals surface area contributed by atoms with Crippen LogP contribution in [0, 0.1) is 6.92 Å². The zero-order chi connectivity index (χ0) is 27.8. The van der Waals surface area contributed by atoms with Crippen molar-refractivity contribution in [1.82, 2.24) is 4.98 Å². The number of nitrogens with zero attached hydrogens (tertiary/aromatic N) is 2. The van der Waals surface area contributed by atoms with Crippen molar-refractivity contribution in [3.63, 3.8) is 0 Å². The lowest BCUT2D eigenvalue weighted by atomic mass is 9.94. The van der Waals surface area contributed by atoms with Gasteiger partial charge in [-0.1, -0.05) is 29.5 Å². The predicted octanol–water partition coefficient (Wildman–Crippen LogP) is 5.27. The maximum Gasteiger partial charge on any atom is 0.301 e. The van der Waals surface area contributed by atoms with Gasteiger partial charge in [0.1, 0.15) is 11.5 Å². The molecule has 1 N–H and O–H groups in total. The fraction of sp³-hybridized carbons (Fsp3) is 0.207. The van der Waals surface area contributed by atoms with Gasteiger partial charge in [0, 0.05) is 5.56 Å². The van der Waals surface area contributed by atoms with Crippen molar-refractivity contribution in [2.45, 2.75) is 13.0 Å². The molecule has 200 valence electrons. The second-order valence-corrected chi connectivity index (χ2v) is 9.84. The van der Waals surface area contributed by atoms with Crippen molar-refractivity contribution in [3.8, 4) is 23.0 Å². The number of aromatic nitrogens is 1. The molecule has 0 spiro atoms. The summed E-state index contributed by atoms with van der Waals surface area (Å²) in [6, 6.07) is 14.7. The summed E-state index contributed by atoms with van der Waals surface area (Å²) in [6.07, 6.45) is 0. The molecule has 1 atom stereocenters. The number of methoxy groups -OCH3 is 4. The lowest BCUT2D eigenvalue weighted by Gasteiger charge is -2.24. The van der Waals surface area contributed by atoms with Gasteiger partial charge in [-0.05, 0) is 54.4 Å². The molecule has 1 amide bonds. The first-order chi connectivity index (χ1) is 18.8. The minimum Gasteiger partial charge on any atom is -0.507 e. The summed E-state index contributed by atoms with van der Waals surface area (Å²) in [5.41, 5.74) is 2.42. The van der Waals surface area contributed by atoms with E-state index in [4.69, 9.17) is 18.9 Å². The van der Waals surface area contributed by atoms with Crippen molar-refractivity contribution >= 4 is 44.1 Å². The monoisotopic (exact) mass is 546 g/mol. The molecule has 10 heteroatoms. The summed E-state index contributed by atoms with van der Waals surface area (Å²) in [5.74, 6) is -0.496. The van der Waals surface area contributed by atoms with Crippen LogP contribution in [-0.4, -0.2) is 50.2 Å². The van der Waals surface area contributed by atoms with Crippen molar-refractivity contribution in [2.75, 3.05) is 33.3 Å². The first-order valence-electron chi connectivity index (χ1n) is 11.9. The number of carbonyl (C=O) groups is 2. The van der Waals surface area contributed by atoms with Gasteiger partial charge >= 0.3 is 5.91 Å². The first-order valence-corrected chi connectivity index (χ1v) is 12.8. The second kappa shape index (κ2) is 10.3. The Morgan fingerprint density at radius 3 is 2.28 bits per heavy atom. The number of rotatable bonds is 7. The van der Waals surface area contributed by atoms with Crippen molar-refractivity contribution < 1.29 is 33.6 Å². The number of ether oxygens (including phenoxy) is 4. The van der Waals surface area contributed by atoms with Gasteiger partial charge in [-0.2, -0.15) is 0 Å². The number of amides is 1. The van der Waals surface area contributed by atoms with Crippen LogP contribution >= 0.6 is 11.3 Å². The second-order valence-electron chi connectivity index (χ2n) is 8.83. The number of hydrogen-bond donors (Lipinski definition) is 1. The normalized spacial score (nSPS) is 16.5. The quantitative estimate of drug-likeness (QED) is 0.190. The van der Waals surface area contributed by atoms with Crippen LogP contribution in [0.25, 0.3) is 16.0 Å². The molecule has 2 heterocycles. The van der Waals surface area contributed by atoms with E-state index in [2.05, 4.69) is 4.98 Å². The number of anilines is 1. The van der Waals surface area contributed by atoms with Crippen LogP contribution in [0.5, 0.6) is 23.0 Å². The average molecular weight is 547 g/mol. The Kier molecular flexibility index (Phi) is 6.88. The van der Waals surface area contributed by atoms with E-state index in [1.165, 1.54) is 44.7 Å². The van der Waals surface area contributed by atoms with Gasteiger partial charge < -0.3 is 24.1 Å². The minimum absolute atomic E-state index is 0.0991. The van der Waals surface area contributed by atoms with E-state index in [0.29, 0.717) is 44.8 Å². The van der Waals surface area contributed by atoms with Crippen LogP contribution < -0.4 is 23.8 Å². The minimum atomic E-state index is -1.04. The smallest absolute Gasteiger partial charge is 0.301 e. The van der Waals surface area contributed by atoms with E-state index in [-0.39, 0.29) is 11.3 Å². The van der Waals surface area contributed by atoms with E-state index in [0.717, 1.165) is 10.3 Å². The number of benzene rings is 3. The number of aryl methyl sites for hydroxylation is 1. The SMILES string of the molecule is COc1cccc(/C(O)=C2\C(=O)C(=O)N(c3nc4ccc(C)cc4s3)C2c2cc(OC)c(OC)c(OC)c2)c1. The highest BCUT2D eigenvalue weighted by Gasteiger charge is 2.48. The Balaban J connectivity index is 1.79. The van der Waals surface area contributed by atoms with Gasteiger partial charge in [-0.3, -0.25) is 14.5 Å². The van der Waals surface area contributed by atoms with E-state index < -0.39 is 17.7 Å². The number of aliphatic hydroxyl groups is 1. The van der Waals surface area contributed by atoms with E-state index in [9.17, 15) is 14.7 Å². The Morgan fingerprint density at radius 2 is 1.64 bits per heavy atom. The third kappa shape index (κ3) is 4.42. The maximum absolute atomic E-state index is 13.6. The van der Waals surface area contributed by atoms with Crippen molar-refractivity contribution in [3.05, 3.63) is 76.9 Å². The third-order valence-corrected chi connectivity index (χ3v) is 7.55. The molecule has 0 bridgehead atoms. The van der Waals surface area contributed by atoms with Gasteiger partial charge in [-0.15, -0.1) is 0 Å². The molecule has 0 aliphatic carbocycles. The number of ketones is 1. The number of carbonyl (C=O) groups excluding carboxylic acids is 2. The molecule has 1 aliphatic heterocycles. The lowest BCUT2D eigenvalue weighted by molar-refractivity contribution is -0.132. The number of fused-ring (bicyclic) bond motifs is 1. The molecule has 1 aromatic heterocycles. The van der Waals surface area contributed by atoms with E-state index in [1.807, 2.05) is 25.1 Å². The molecule has 3 aromatic carbocycles. The Labute approximate surface area is 228 Å². The Hall–Kier alpha value is -4.57. The van der Waals surface area contributed by atoms with Crippen LogP contribution in [0.1, 0.15) is 22.7 Å². The molecule has 1 fully saturated rings. The standard InChI is InChI=1S/C29H26N2O7S/c1-15-9-10-19-22(11-15)39-29(30-19)31-24(17-13-20(36-3)27(38-5)21(14-17)37-4)23(26(33)28(31)34)25(32)16-7-6-8-18(12-16)35-2/h6-14,24,32H,1-5H3/b25-23+. The first kappa shape index (κ1) is 26.1. The van der Waals surface area contributed by atoms with Crippen LogP contribution in [0.3, 0.4) is 0 Å². The number of Topliss-reactive ketones (excluding diaryl/α,β-unsaturated/α-hetero) is 1. The van der Waals surface area contributed by atoms with Crippen LogP contribution in [-0.2, 0) is 9.59 Å². The summed E-state index contributed by atoms with van der Waals surface area (Å²) in [5, 5.41) is 11.8. The fourth-order valence-corrected chi connectivity index (χ4v) is 5.74. The van der Waals surface area contributed by atoms with Crippen LogP contribution in [0.2, 0.25) is 0 Å². The predicted molar refractivity (Wildman–Crippen MR) is 148 cm³/mol. The highest BCUT2D eigenvalue weighted by molar-refractivity contribution is 7.22. The molecule has 1 saturated heterocycles. The lowest BCUT2D eigenvalue weighted by Crippen LogP contribution is -2.29. The summed E-state index contributed by atoms with van der Waals surface area (Å²) in [7, 11) is 5.94. The van der Waals surface area contributed by atoms with Crippen molar-refractivity contribution in [1.29, 1.82) is 0 Å². The van der Waals surface area contributed by atoms with Gasteiger partial charge in [0.2, 0.25) is 5.75 Å². The highest BCUT2D eigenvalue weighted by atomic mass is 32.1. The van der Waals surface area contributed by atoms with Crippen molar-refractivity contribution in [2.24, 2.45) is 0 Å². The summed E-state index contributed by atoms with van der Waals surface area (Å²) < 4.78 is 22.7. The molecule has 9 nitrogen and oxygen atoms in total. The molecule has 39 heavy (non-hydrogen) atoms. The Bertz CT molecular complexity index is 1620. The number of thiazole rings is 1. The molecule has 4 aromatic rings. The molecule has 5 rings (SSSR count). The number of hydrogen-bond acceptors (Lipinski definition) is 9. The van der Waals surface area contributed by atoms with E-state index >= 15 is 0 Å². The van der Waals surface area contributed by atoms with Gasteiger partial charge in [0.25, 0.3) is 5.78 Å². The zero-order valence-electron chi connectivity index (χ0n) is 22.0. The van der Waals surface area contributed by atoms with Crippen LogP contribution in [0.15, 0.2) is 60.2 Å². The van der Waals surface area contributed by atoms with Gasteiger partial charge in [0.05, 0.1) is 50.3 Å². The maximum atomic E-state index is 13.6. The summed E-state index contributed by atoms with van der Waals surface area (Å²) >= 11 is 1.29. The largest absolute Gasteiger partial charge is 0.507 e. The van der Waals surface area contributed by atoms with Gasteiger partial charge in [0.15, 0.2) is 16.6 Å². The average Bonchev–Trinajstić information content (AvgIpc) is 3.48. The van der Waals surface area contributed by atoms with Crippen LogP contribution in [0.4, 0.5) is 5.13 Å². The highest BCUT2D eigenvalue weighted by Crippen LogP contribution is 2.48. The molecular weight excluding hydrogens is 520 g/mol. The third-order valence-electron chi connectivity index (χ3n) is 6.53. The molecule has 0 saturated carbocycles. The van der Waals surface area contributed by atoms with E-state index in [1.54, 1.807) is 36.4 Å². The van der Waals surface area contributed by atoms with Gasteiger partial charge in [-0.25, -0.2) is 4.98 Å². The molecule has 1 aliphatic rings. The molecular formula is C29H26N2O7S. The fourth-order valence-electron chi connectivity index (χ4n) is 4.65.